The molecule has 0 saturated carbocycles. The molecule has 8 nitrogen and oxygen atoms in total. The molecule has 0 spiro atoms. The molecule has 3 aromatic rings. The van der Waals surface area contributed by atoms with Gasteiger partial charge in [0.25, 0.3) is 5.56 Å². The first-order chi connectivity index (χ1) is 15.0. The maximum atomic E-state index is 14.1. The van der Waals surface area contributed by atoms with E-state index in [0.717, 1.165) is 13.0 Å². The van der Waals surface area contributed by atoms with E-state index in [0.29, 0.717) is 21.7 Å². The summed E-state index contributed by atoms with van der Waals surface area (Å²) in [7, 11) is 0. The predicted molar refractivity (Wildman–Crippen MR) is 114 cm³/mol. The van der Waals surface area contributed by atoms with Crippen molar-refractivity contribution in [2.75, 3.05) is 13.1 Å². The number of carboxylic acids is 1. The van der Waals surface area contributed by atoms with Gasteiger partial charge in [-0.3, -0.25) is 14.5 Å². The highest BCUT2D eigenvalue weighted by molar-refractivity contribution is 6.30. The second-order valence-electron chi connectivity index (χ2n) is 7.55. The number of nitrogens with zero attached hydrogens (tertiary/aromatic N) is 1. The van der Waals surface area contributed by atoms with Crippen LogP contribution in [0.4, 0.5) is 4.39 Å². The molecule has 0 amide bonds. The highest BCUT2D eigenvalue weighted by Crippen LogP contribution is 2.26. The molecule has 3 rings (SSSR count). The Morgan fingerprint density at radius 2 is 1.88 bits per heavy atom. The highest BCUT2D eigenvalue weighted by atomic mass is 35.5. The van der Waals surface area contributed by atoms with E-state index in [4.69, 9.17) is 16.1 Å². The third kappa shape index (κ3) is 5.70. The number of aromatic nitrogens is 1. The van der Waals surface area contributed by atoms with Crippen molar-refractivity contribution in [1.29, 1.82) is 0 Å². The second-order valence-corrected chi connectivity index (χ2v) is 7.98. The van der Waals surface area contributed by atoms with Crippen LogP contribution in [0.25, 0.3) is 11.1 Å². The molecule has 0 aliphatic rings. The van der Waals surface area contributed by atoms with E-state index >= 15 is 0 Å². The number of aliphatic carboxylic acids is 1. The number of benzene rings is 2. The number of carbonyl (C=O) groups is 2. The van der Waals surface area contributed by atoms with Crippen molar-refractivity contribution in [1.82, 2.24) is 10.1 Å². The number of H-pyrrole nitrogens is 1. The van der Waals surface area contributed by atoms with Gasteiger partial charge < -0.3 is 14.7 Å². The molecule has 0 radical (unpaired) electrons. The van der Waals surface area contributed by atoms with E-state index in [1.807, 2.05) is 5.16 Å². The number of rotatable bonds is 9. The number of nitrogens with one attached hydrogen (secondary N) is 1. The molecule has 0 unspecified atom stereocenters. The number of hydrogen-bond donors (Lipinski definition) is 3. The van der Waals surface area contributed by atoms with E-state index in [2.05, 4.69) is 0 Å². The molecule has 1 aromatic heterocycles. The van der Waals surface area contributed by atoms with Gasteiger partial charge in [0, 0.05) is 23.7 Å². The van der Waals surface area contributed by atoms with Gasteiger partial charge in [0.1, 0.15) is 5.82 Å². The number of halogens is 2. The zero-order valence-electron chi connectivity index (χ0n) is 17.0. The Hall–Kier alpha value is -3.27. The largest absolute Gasteiger partial charge is 0.479 e. The van der Waals surface area contributed by atoms with Crippen LogP contribution < -0.4 is 5.56 Å². The Morgan fingerprint density at radius 3 is 2.47 bits per heavy atom. The molecule has 0 fully saturated rings. The van der Waals surface area contributed by atoms with Gasteiger partial charge in [-0.15, -0.1) is 0 Å². The summed E-state index contributed by atoms with van der Waals surface area (Å²) >= 11 is 5.95. The average Bonchev–Trinajstić information content (AvgIpc) is 3.16. The molecule has 1 atom stereocenters. The summed E-state index contributed by atoms with van der Waals surface area (Å²) in [5.41, 5.74) is -1.11. The standard InChI is InChI=1S/C22H20ClFN2O6/c1-22(31,21(29)30)12-26(11-18(27)19-9-20(28)25-32-19)10-13-2-4-14(5-3-13)16-8-15(23)6-7-17(16)24/h2-9,31H,10-12H2,1H3,(H,25,28)(H,29,30)/t22-/m1/s1. The Morgan fingerprint density at radius 1 is 1.19 bits per heavy atom. The minimum Gasteiger partial charge on any atom is -0.479 e. The molecular weight excluding hydrogens is 443 g/mol. The fourth-order valence-corrected chi connectivity index (χ4v) is 3.31. The van der Waals surface area contributed by atoms with Gasteiger partial charge in [-0.05, 0) is 36.2 Å². The van der Waals surface area contributed by atoms with Gasteiger partial charge in [0.05, 0.1) is 12.6 Å². The lowest BCUT2D eigenvalue weighted by Gasteiger charge is -2.28. The zero-order valence-corrected chi connectivity index (χ0v) is 17.7. The molecule has 32 heavy (non-hydrogen) atoms. The van der Waals surface area contributed by atoms with Crippen LogP contribution in [0.2, 0.25) is 5.02 Å². The Balaban J connectivity index is 1.81. The highest BCUT2D eigenvalue weighted by Gasteiger charge is 2.33. The third-order valence-electron chi connectivity index (χ3n) is 4.76. The normalized spacial score (nSPS) is 13.2. The Kier molecular flexibility index (Phi) is 6.93. The van der Waals surface area contributed by atoms with Crippen LogP contribution in [0.5, 0.6) is 0 Å². The van der Waals surface area contributed by atoms with Crippen molar-refractivity contribution >= 4 is 23.4 Å². The van der Waals surface area contributed by atoms with Crippen molar-refractivity contribution < 1.29 is 28.7 Å². The third-order valence-corrected chi connectivity index (χ3v) is 4.99. The second kappa shape index (κ2) is 9.47. The van der Waals surface area contributed by atoms with Gasteiger partial charge in [-0.25, -0.2) is 9.18 Å². The number of carboxylic acid groups (broad SMARTS) is 1. The first-order valence-corrected chi connectivity index (χ1v) is 9.87. The number of aromatic amines is 1. The molecule has 0 saturated heterocycles. The van der Waals surface area contributed by atoms with Crippen LogP contribution in [0.3, 0.4) is 0 Å². The van der Waals surface area contributed by atoms with Gasteiger partial charge in [0.2, 0.25) is 11.5 Å². The van der Waals surface area contributed by atoms with Crippen molar-refractivity contribution in [2.24, 2.45) is 0 Å². The zero-order chi connectivity index (χ0) is 23.5. The van der Waals surface area contributed by atoms with Crippen molar-refractivity contribution in [3.8, 4) is 11.1 Å². The van der Waals surface area contributed by atoms with E-state index in [1.165, 1.54) is 23.1 Å². The molecule has 0 bridgehead atoms. The number of hydrogen-bond acceptors (Lipinski definition) is 6. The van der Waals surface area contributed by atoms with Gasteiger partial charge in [-0.2, -0.15) is 5.16 Å². The van der Waals surface area contributed by atoms with Crippen molar-refractivity contribution in [3.63, 3.8) is 0 Å². The lowest BCUT2D eigenvalue weighted by molar-refractivity contribution is -0.158. The SMILES string of the molecule is C[C@@](O)(CN(CC(=O)c1cc(=O)[nH]o1)Cc1ccc(-c2cc(Cl)ccc2F)cc1)C(=O)O. The average molecular weight is 463 g/mol. The Labute approximate surface area is 186 Å². The number of ketones is 1. The minimum atomic E-state index is -2.12. The van der Waals surface area contributed by atoms with Crippen LogP contribution in [0.1, 0.15) is 23.0 Å². The van der Waals surface area contributed by atoms with Gasteiger partial charge >= 0.3 is 5.97 Å². The fourth-order valence-electron chi connectivity index (χ4n) is 3.14. The van der Waals surface area contributed by atoms with E-state index in [9.17, 15) is 29.0 Å². The summed E-state index contributed by atoms with van der Waals surface area (Å²) in [5, 5.41) is 21.8. The molecule has 0 aliphatic heterocycles. The molecule has 1 heterocycles. The molecule has 10 heteroatoms. The maximum absolute atomic E-state index is 14.1. The quantitative estimate of drug-likeness (QED) is 0.417. The lowest BCUT2D eigenvalue weighted by Crippen LogP contribution is -2.47. The number of carbonyl (C=O) groups excluding carboxylic acids is 1. The van der Waals surface area contributed by atoms with Crippen LogP contribution in [0.15, 0.2) is 57.8 Å². The number of Topliss-reactive ketones (excluding diaryl/α,β-unsaturated/α-hetero) is 1. The fraction of sp³-hybridized carbons (Fsp3) is 0.227. The Bertz CT molecular complexity index is 1190. The summed E-state index contributed by atoms with van der Waals surface area (Å²) < 4.78 is 18.9. The van der Waals surface area contributed by atoms with Gasteiger partial charge in [-0.1, -0.05) is 35.9 Å². The number of aliphatic hydroxyl groups is 1. The summed E-state index contributed by atoms with van der Waals surface area (Å²) in [6.07, 6.45) is 0. The lowest BCUT2D eigenvalue weighted by atomic mass is 10.0. The monoisotopic (exact) mass is 462 g/mol. The summed E-state index contributed by atoms with van der Waals surface area (Å²) in [6.45, 7) is 0.540. The topological polar surface area (TPSA) is 124 Å². The molecule has 0 aliphatic carbocycles. The van der Waals surface area contributed by atoms with Crippen LogP contribution in [-0.4, -0.2) is 50.7 Å². The van der Waals surface area contributed by atoms with Crippen LogP contribution in [0, 0.1) is 5.82 Å². The first-order valence-electron chi connectivity index (χ1n) is 9.49. The van der Waals surface area contributed by atoms with E-state index in [1.54, 1.807) is 24.3 Å². The summed E-state index contributed by atoms with van der Waals surface area (Å²) in [5.74, 6) is -2.65. The van der Waals surface area contributed by atoms with E-state index < -0.39 is 28.7 Å². The predicted octanol–water partition coefficient (Wildman–Crippen LogP) is 2.95. The van der Waals surface area contributed by atoms with Crippen molar-refractivity contribution in [3.05, 3.63) is 81.0 Å². The molecule has 2 aromatic carbocycles. The first kappa shape index (κ1) is 23.4. The molecule has 168 valence electrons. The van der Waals surface area contributed by atoms with Crippen LogP contribution in [-0.2, 0) is 11.3 Å². The van der Waals surface area contributed by atoms with Crippen LogP contribution >= 0.6 is 11.6 Å². The minimum absolute atomic E-state index is 0.0993. The van der Waals surface area contributed by atoms with Gasteiger partial charge in [0.15, 0.2) is 5.60 Å². The molecular formula is C22H20ClFN2O6. The molecule has 3 N–H and O–H groups in total. The van der Waals surface area contributed by atoms with Crippen molar-refractivity contribution in [2.45, 2.75) is 19.1 Å². The van der Waals surface area contributed by atoms with E-state index in [-0.39, 0.29) is 25.4 Å². The maximum Gasteiger partial charge on any atom is 0.336 e. The summed E-state index contributed by atoms with van der Waals surface area (Å²) in [6, 6.07) is 11.9. The summed E-state index contributed by atoms with van der Waals surface area (Å²) in [4.78, 5) is 36.4. The smallest absolute Gasteiger partial charge is 0.336 e.